The molecule has 1 aliphatic carbocycles. The third kappa shape index (κ3) is 5.80. The molecule has 5 heterocycles. The molecule has 1 unspecified atom stereocenters. The number of carbonyl (C=O) groups excluding carboxylic acids is 3. The number of likely N-dealkylation sites (tertiary alicyclic amines) is 1. The van der Waals surface area contributed by atoms with Gasteiger partial charge in [-0.2, -0.15) is 0 Å². The van der Waals surface area contributed by atoms with E-state index in [4.69, 9.17) is 0 Å². The maximum Gasteiger partial charge on any atom is 0.363 e. The summed E-state index contributed by atoms with van der Waals surface area (Å²) in [6.07, 6.45) is 7.07. The number of amides is 3. The number of rotatable bonds is 6. The van der Waals surface area contributed by atoms with Crippen LogP contribution < -0.4 is 5.32 Å². The molecule has 3 saturated heterocycles. The molecule has 10 nitrogen and oxygen atoms in total. The van der Waals surface area contributed by atoms with E-state index in [1.54, 1.807) is 9.80 Å². The standard InChI is InChI=1S/C31H33F2N4O6PS/c32-23-5-7-34-14-22(23)17-6-8-36(15-17)31(40)25-3-2-21-11-18-10-19(18)12-24(30(39)37(21)25)35-29(38)27-13-20-9-16(1-4-26(20)45-27)28(33)44(41,42)43/h1,4-5,7,9,13-14,17-19,21,24-25,28H,2-3,6,8,10-12,15H2,(H,35,38)(H2,41,42,43)/t17-,18-,19+,21+,24-,25-,28?/m0/s1. The Kier molecular flexibility index (Phi) is 7.79. The van der Waals surface area contributed by atoms with Gasteiger partial charge in [0.15, 0.2) is 0 Å². The van der Waals surface area contributed by atoms with Crippen LogP contribution in [0.2, 0.25) is 0 Å². The highest BCUT2D eigenvalue weighted by Crippen LogP contribution is 2.53. The van der Waals surface area contributed by atoms with Crippen LogP contribution in [0, 0.1) is 17.7 Å². The zero-order valence-corrected chi connectivity index (χ0v) is 25.9. The number of thiophene rings is 1. The Morgan fingerprint density at radius 2 is 1.89 bits per heavy atom. The third-order valence-corrected chi connectivity index (χ3v) is 11.9. The fraction of sp³-hybridized carbons (Fsp3) is 0.484. The average molecular weight is 659 g/mol. The van der Waals surface area contributed by atoms with Crippen LogP contribution in [-0.2, 0) is 14.2 Å². The van der Waals surface area contributed by atoms with Crippen molar-refractivity contribution < 1.29 is 37.5 Å². The molecule has 3 amide bonds. The van der Waals surface area contributed by atoms with E-state index >= 15 is 0 Å². The first kappa shape index (κ1) is 30.4. The van der Waals surface area contributed by atoms with E-state index in [1.807, 2.05) is 0 Å². The van der Waals surface area contributed by atoms with Crippen molar-refractivity contribution >= 4 is 46.7 Å². The monoisotopic (exact) mass is 658 g/mol. The minimum Gasteiger partial charge on any atom is -0.340 e. The van der Waals surface area contributed by atoms with Gasteiger partial charge < -0.3 is 24.9 Å². The van der Waals surface area contributed by atoms with Crippen LogP contribution in [0.3, 0.4) is 0 Å². The lowest BCUT2D eigenvalue weighted by Crippen LogP contribution is -2.56. The maximum atomic E-state index is 14.4. The minimum absolute atomic E-state index is 0.0827. The molecule has 3 N–H and O–H groups in total. The normalized spacial score (nSPS) is 28.8. The van der Waals surface area contributed by atoms with Crippen molar-refractivity contribution in [2.45, 2.75) is 68.5 Å². The van der Waals surface area contributed by atoms with Gasteiger partial charge in [0.1, 0.15) is 17.9 Å². The van der Waals surface area contributed by atoms with Crippen molar-refractivity contribution in [3.05, 3.63) is 64.5 Å². The van der Waals surface area contributed by atoms with Gasteiger partial charge in [-0.3, -0.25) is 23.9 Å². The number of halogens is 2. The lowest BCUT2D eigenvalue weighted by molar-refractivity contribution is -0.146. The van der Waals surface area contributed by atoms with Crippen molar-refractivity contribution in [1.82, 2.24) is 20.1 Å². The molecule has 2 aromatic heterocycles. The summed E-state index contributed by atoms with van der Waals surface area (Å²) in [5.41, 5.74) is 0.312. The van der Waals surface area contributed by atoms with Gasteiger partial charge in [-0.1, -0.05) is 6.07 Å². The number of carbonyl (C=O) groups is 3. The summed E-state index contributed by atoms with van der Waals surface area (Å²) in [5, 5.41) is 3.38. The topological polar surface area (TPSA) is 140 Å². The van der Waals surface area contributed by atoms with E-state index in [9.17, 15) is 37.5 Å². The van der Waals surface area contributed by atoms with Crippen molar-refractivity contribution in [2.75, 3.05) is 13.1 Å². The Balaban J connectivity index is 1.08. The summed E-state index contributed by atoms with van der Waals surface area (Å²) < 4.78 is 40.7. The Hall–Kier alpha value is -3.25. The van der Waals surface area contributed by atoms with E-state index in [-0.39, 0.29) is 40.0 Å². The number of hydrogen-bond donors (Lipinski definition) is 3. The van der Waals surface area contributed by atoms with Crippen LogP contribution in [0.25, 0.3) is 10.1 Å². The maximum absolute atomic E-state index is 14.4. The number of alkyl halides is 1. The molecular weight excluding hydrogens is 625 g/mol. The van der Waals surface area contributed by atoms with Crippen molar-refractivity contribution in [2.24, 2.45) is 11.8 Å². The highest BCUT2D eigenvalue weighted by molar-refractivity contribution is 7.51. The lowest BCUT2D eigenvalue weighted by Gasteiger charge is -2.36. The highest BCUT2D eigenvalue weighted by atomic mass is 32.1. The summed E-state index contributed by atoms with van der Waals surface area (Å²) in [7, 11) is -4.99. The second-order valence-corrected chi connectivity index (χ2v) is 15.5. The fourth-order valence-electron chi connectivity index (χ4n) is 7.49. The van der Waals surface area contributed by atoms with E-state index in [2.05, 4.69) is 10.3 Å². The molecule has 3 aliphatic heterocycles. The van der Waals surface area contributed by atoms with Gasteiger partial charge >= 0.3 is 7.60 Å². The van der Waals surface area contributed by atoms with E-state index in [0.717, 1.165) is 24.2 Å². The molecule has 4 fully saturated rings. The van der Waals surface area contributed by atoms with Gasteiger partial charge in [-0.05, 0) is 85.6 Å². The Labute approximate surface area is 262 Å². The Bertz CT molecular complexity index is 1730. The molecule has 7 rings (SSSR count). The number of hydrogen-bond acceptors (Lipinski definition) is 6. The number of benzene rings is 1. The fourth-order valence-corrected chi connectivity index (χ4v) is 8.99. The number of fused-ring (bicyclic) bond motifs is 3. The van der Waals surface area contributed by atoms with Gasteiger partial charge in [-0.15, -0.1) is 11.3 Å². The molecule has 1 aromatic carbocycles. The van der Waals surface area contributed by atoms with Crippen molar-refractivity contribution in [3.8, 4) is 0 Å². The summed E-state index contributed by atoms with van der Waals surface area (Å²) in [5.74, 6) is -3.09. The molecule has 3 aromatic rings. The molecule has 14 heteroatoms. The zero-order chi connectivity index (χ0) is 31.6. The van der Waals surface area contributed by atoms with E-state index < -0.39 is 31.5 Å². The molecule has 7 atom stereocenters. The van der Waals surface area contributed by atoms with Gasteiger partial charge in [0.2, 0.25) is 17.7 Å². The first-order chi connectivity index (χ1) is 21.5. The molecule has 0 bridgehead atoms. The smallest absolute Gasteiger partial charge is 0.340 e. The van der Waals surface area contributed by atoms with Crippen LogP contribution in [0.1, 0.15) is 71.2 Å². The SMILES string of the molecule is O=C(N[C@H]1C[C@H]2C[C@H]2C[C@H]2CC[C@@H](C(=O)N3CC[C@H](c4cnccc4F)C3)N2C1=O)c1cc2cc(C(F)P(=O)(O)O)ccc2s1. The second kappa shape index (κ2) is 11.5. The third-order valence-electron chi connectivity index (χ3n) is 9.90. The molecule has 1 saturated carbocycles. The second-order valence-electron chi connectivity index (χ2n) is 12.7. The number of nitrogens with zero attached hydrogens (tertiary/aromatic N) is 3. The van der Waals surface area contributed by atoms with Gasteiger partial charge in [0.25, 0.3) is 5.91 Å². The Morgan fingerprint density at radius 1 is 1.09 bits per heavy atom. The zero-order valence-electron chi connectivity index (χ0n) is 24.2. The van der Waals surface area contributed by atoms with Gasteiger partial charge in [0, 0.05) is 47.7 Å². The molecule has 45 heavy (non-hydrogen) atoms. The molecular formula is C31H33F2N4O6PS. The van der Waals surface area contributed by atoms with Gasteiger partial charge in [-0.25, -0.2) is 8.78 Å². The van der Waals surface area contributed by atoms with Crippen LogP contribution in [0.4, 0.5) is 8.78 Å². The van der Waals surface area contributed by atoms with Crippen LogP contribution in [0.15, 0.2) is 42.7 Å². The number of nitrogens with one attached hydrogen (secondary N) is 1. The first-order valence-electron chi connectivity index (χ1n) is 15.2. The summed E-state index contributed by atoms with van der Waals surface area (Å²) in [6, 6.07) is 5.43. The highest BCUT2D eigenvalue weighted by Gasteiger charge is 2.52. The summed E-state index contributed by atoms with van der Waals surface area (Å²) >= 11 is 1.14. The van der Waals surface area contributed by atoms with Gasteiger partial charge in [0.05, 0.1) is 4.88 Å². The molecule has 4 aliphatic rings. The molecule has 0 radical (unpaired) electrons. The van der Waals surface area contributed by atoms with Crippen LogP contribution in [-0.4, -0.2) is 73.5 Å². The van der Waals surface area contributed by atoms with Crippen LogP contribution in [0.5, 0.6) is 0 Å². The Morgan fingerprint density at radius 3 is 2.67 bits per heavy atom. The lowest BCUT2D eigenvalue weighted by atomic mass is 9.99. The number of pyridine rings is 1. The molecule has 238 valence electrons. The quantitative estimate of drug-likeness (QED) is 0.332. The predicted molar refractivity (Wildman–Crippen MR) is 162 cm³/mol. The summed E-state index contributed by atoms with van der Waals surface area (Å²) in [6.45, 7) is 0.831. The van der Waals surface area contributed by atoms with E-state index in [1.165, 1.54) is 42.7 Å². The minimum atomic E-state index is -4.99. The molecule has 0 spiro atoms. The largest absolute Gasteiger partial charge is 0.363 e. The predicted octanol–water partition coefficient (Wildman–Crippen LogP) is 4.49. The first-order valence-corrected chi connectivity index (χ1v) is 17.7. The average Bonchev–Trinajstić information content (AvgIpc) is 3.39. The van der Waals surface area contributed by atoms with E-state index in [0.29, 0.717) is 66.3 Å². The van der Waals surface area contributed by atoms with Crippen LogP contribution >= 0.6 is 18.9 Å². The van der Waals surface area contributed by atoms with Crippen molar-refractivity contribution in [3.63, 3.8) is 0 Å². The summed E-state index contributed by atoms with van der Waals surface area (Å²) in [4.78, 5) is 67.7. The number of aromatic nitrogens is 1. The van der Waals surface area contributed by atoms with Crippen molar-refractivity contribution in [1.29, 1.82) is 0 Å².